The summed E-state index contributed by atoms with van der Waals surface area (Å²) >= 11 is 0. The van der Waals surface area contributed by atoms with Gasteiger partial charge >= 0.3 is 0 Å². The summed E-state index contributed by atoms with van der Waals surface area (Å²) in [7, 11) is 1.83. The number of methoxy groups -OCH3 is 1. The lowest BCUT2D eigenvalue weighted by atomic mass is 9.97. The van der Waals surface area contributed by atoms with Gasteiger partial charge in [0, 0.05) is 52.6 Å². The summed E-state index contributed by atoms with van der Waals surface area (Å²) < 4.78 is 5.49. The van der Waals surface area contributed by atoms with Gasteiger partial charge in [-0.2, -0.15) is 0 Å². The zero-order valence-electron chi connectivity index (χ0n) is 15.7. The van der Waals surface area contributed by atoms with Crippen LogP contribution in [0, 0.1) is 0 Å². The molecule has 0 N–H and O–H groups in total. The molecule has 3 heterocycles. The van der Waals surface area contributed by atoms with E-state index < -0.39 is 0 Å². The Morgan fingerprint density at radius 2 is 1.81 bits per heavy atom. The summed E-state index contributed by atoms with van der Waals surface area (Å²) in [6.45, 7) is 6.40. The molecule has 0 radical (unpaired) electrons. The molecule has 0 aliphatic carbocycles. The van der Waals surface area contributed by atoms with E-state index in [1.54, 1.807) is 0 Å². The molecule has 26 heavy (non-hydrogen) atoms. The minimum Gasteiger partial charge on any atom is -0.381 e. The van der Waals surface area contributed by atoms with Gasteiger partial charge in [-0.3, -0.25) is 14.8 Å². The SMILES string of the molecule is COC1CCN(Cc2nccc3c2CCN(Cc2ccccc2)C3)CC1. The van der Waals surface area contributed by atoms with Crippen LogP contribution in [0.5, 0.6) is 0 Å². The van der Waals surface area contributed by atoms with Crippen LogP contribution in [0.15, 0.2) is 42.6 Å². The molecule has 4 nitrogen and oxygen atoms in total. The normalized spacial score (nSPS) is 19.4. The third-order valence-electron chi connectivity index (χ3n) is 5.80. The molecule has 138 valence electrons. The van der Waals surface area contributed by atoms with Gasteiger partial charge in [0.2, 0.25) is 0 Å². The first-order valence-electron chi connectivity index (χ1n) is 9.79. The van der Waals surface area contributed by atoms with Crippen LogP contribution in [0.4, 0.5) is 0 Å². The molecule has 0 spiro atoms. The van der Waals surface area contributed by atoms with Crippen molar-refractivity contribution in [1.82, 2.24) is 14.8 Å². The summed E-state index contributed by atoms with van der Waals surface area (Å²) in [5, 5.41) is 0. The number of nitrogens with zero attached hydrogens (tertiary/aromatic N) is 3. The zero-order chi connectivity index (χ0) is 17.8. The molecular weight excluding hydrogens is 322 g/mol. The molecule has 2 aliphatic rings. The van der Waals surface area contributed by atoms with Gasteiger partial charge in [-0.15, -0.1) is 0 Å². The molecule has 1 aromatic carbocycles. The van der Waals surface area contributed by atoms with E-state index in [4.69, 9.17) is 9.72 Å². The Labute approximate surface area is 156 Å². The number of benzene rings is 1. The lowest BCUT2D eigenvalue weighted by Crippen LogP contribution is -2.37. The molecule has 0 unspecified atom stereocenters. The van der Waals surface area contributed by atoms with Gasteiger partial charge in [-0.05, 0) is 42.0 Å². The molecule has 0 atom stereocenters. The number of aromatic nitrogens is 1. The Bertz CT molecular complexity index is 711. The van der Waals surface area contributed by atoms with Gasteiger partial charge in [0.1, 0.15) is 0 Å². The number of pyridine rings is 1. The summed E-state index contributed by atoms with van der Waals surface area (Å²) in [4.78, 5) is 9.83. The van der Waals surface area contributed by atoms with Crippen LogP contribution in [0.1, 0.15) is 35.2 Å². The van der Waals surface area contributed by atoms with Crippen LogP contribution < -0.4 is 0 Å². The Balaban J connectivity index is 1.40. The van der Waals surface area contributed by atoms with Crippen LogP contribution >= 0.6 is 0 Å². The van der Waals surface area contributed by atoms with Gasteiger partial charge in [-0.1, -0.05) is 30.3 Å². The van der Waals surface area contributed by atoms with Crippen molar-refractivity contribution in [2.24, 2.45) is 0 Å². The minimum absolute atomic E-state index is 0.440. The lowest BCUT2D eigenvalue weighted by molar-refractivity contribution is 0.0384. The zero-order valence-corrected chi connectivity index (χ0v) is 15.7. The van der Waals surface area contributed by atoms with Crippen LogP contribution in [0.2, 0.25) is 0 Å². The largest absolute Gasteiger partial charge is 0.381 e. The topological polar surface area (TPSA) is 28.6 Å². The van der Waals surface area contributed by atoms with E-state index in [9.17, 15) is 0 Å². The van der Waals surface area contributed by atoms with E-state index in [1.807, 2.05) is 13.3 Å². The van der Waals surface area contributed by atoms with Gasteiger partial charge in [-0.25, -0.2) is 0 Å². The minimum atomic E-state index is 0.440. The highest BCUT2D eigenvalue weighted by Crippen LogP contribution is 2.24. The first-order chi connectivity index (χ1) is 12.8. The Morgan fingerprint density at radius 1 is 1.00 bits per heavy atom. The quantitative estimate of drug-likeness (QED) is 0.827. The van der Waals surface area contributed by atoms with E-state index in [0.717, 1.165) is 58.5 Å². The highest BCUT2D eigenvalue weighted by molar-refractivity contribution is 5.32. The first-order valence-corrected chi connectivity index (χ1v) is 9.79. The van der Waals surface area contributed by atoms with E-state index in [2.05, 4.69) is 46.2 Å². The van der Waals surface area contributed by atoms with Crippen molar-refractivity contribution in [3.63, 3.8) is 0 Å². The molecule has 2 aromatic rings. The van der Waals surface area contributed by atoms with Gasteiger partial charge < -0.3 is 4.74 Å². The molecule has 0 amide bonds. The highest BCUT2D eigenvalue weighted by atomic mass is 16.5. The standard InChI is InChI=1S/C22H29N3O/c1-26-20-8-12-24(13-9-20)17-22-21-10-14-25(16-19(21)7-11-23-22)15-18-5-3-2-4-6-18/h2-7,11,20H,8-10,12-17H2,1H3. The lowest BCUT2D eigenvalue weighted by Gasteiger charge is -2.33. The molecule has 1 fully saturated rings. The molecule has 0 bridgehead atoms. The highest BCUT2D eigenvalue weighted by Gasteiger charge is 2.23. The van der Waals surface area contributed by atoms with Crippen molar-refractivity contribution in [3.05, 3.63) is 65.0 Å². The maximum absolute atomic E-state index is 5.49. The predicted octanol–water partition coefficient (Wildman–Crippen LogP) is 3.25. The third kappa shape index (κ3) is 4.14. The van der Waals surface area contributed by atoms with Crippen LogP contribution in [0.3, 0.4) is 0 Å². The maximum atomic E-state index is 5.49. The fourth-order valence-corrected chi connectivity index (χ4v) is 4.25. The summed E-state index contributed by atoms with van der Waals surface area (Å²) in [6.07, 6.45) is 5.82. The number of fused-ring (bicyclic) bond motifs is 1. The number of likely N-dealkylation sites (tertiary alicyclic amines) is 1. The molecule has 2 aliphatic heterocycles. The van der Waals surface area contributed by atoms with Crippen molar-refractivity contribution in [3.8, 4) is 0 Å². The third-order valence-corrected chi connectivity index (χ3v) is 5.80. The maximum Gasteiger partial charge on any atom is 0.0595 e. The Morgan fingerprint density at radius 3 is 2.58 bits per heavy atom. The fraction of sp³-hybridized carbons (Fsp3) is 0.500. The van der Waals surface area contributed by atoms with E-state index in [1.165, 1.54) is 22.4 Å². The second-order valence-corrected chi connectivity index (χ2v) is 7.55. The van der Waals surface area contributed by atoms with Crippen LogP contribution in [-0.2, 0) is 30.8 Å². The van der Waals surface area contributed by atoms with E-state index in [-0.39, 0.29) is 0 Å². The van der Waals surface area contributed by atoms with Gasteiger partial charge in [0.25, 0.3) is 0 Å². The number of ether oxygens (including phenoxy) is 1. The molecule has 0 saturated carbocycles. The molecule has 1 saturated heterocycles. The predicted molar refractivity (Wildman–Crippen MR) is 104 cm³/mol. The van der Waals surface area contributed by atoms with Crippen LogP contribution in [-0.4, -0.2) is 47.6 Å². The second kappa shape index (κ2) is 8.30. The smallest absolute Gasteiger partial charge is 0.0595 e. The summed E-state index contributed by atoms with van der Waals surface area (Å²) in [5.41, 5.74) is 5.64. The number of hydrogen-bond acceptors (Lipinski definition) is 4. The number of hydrogen-bond donors (Lipinski definition) is 0. The second-order valence-electron chi connectivity index (χ2n) is 7.55. The average molecular weight is 351 g/mol. The monoisotopic (exact) mass is 351 g/mol. The van der Waals surface area contributed by atoms with Gasteiger partial charge in [0.05, 0.1) is 11.8 Å². The van der Waals surface area contributed by atoms with Gasteiger partial charge in [0.15, 0.2) is 0 Å². The average Bonchev–Trinajstić information content (AvgIpc) is 2.69. The van der Waals surface area contributed by atoms with Crippen LogP contribution in [0.25, 0.3) is 0 Å². The molecule has 4 heteroatoms. The fourth-order valence-electron chi connectivity index (χ4n) is 4.25. The van der Waals surface area contributed by atoms with Crippen molar-refractivity contribution < 1.29 is 4.74 Å². The number of rotatable bonds is 5. The molecular formula is C22H29N3O. The van der Waals surface area contributed by atoms with E-state index in [0.29, 0.717) is 6.10 Å². The van der Waals surface area contributed by atoms with Crippen molar-refractivity contribution in [2.75, 3.05) is 26.7 Å². The Kier molecular flexibility index (Phi) is 5.63. The van der Waals surface area contributed by atoms with E-state index >= 15 is 0 Å². The van der Waals surface area contributed by atoms with Crippen molar-refractivity contribution in [1.29, 1.82) is 0 Å². The van der Waals surface area contributed by atoms with Crippen molar-refractivity contribution >= 4 is 0 Å². The Hall–Kier alpha value is -1.75. The summed E-state index contributed by atoms with van der Waals surface area (Å²) in [6, 6.07) is 13.0. The summed E-state index contributed by atoms with van der Waals surface area (Å²) in [5.74, 6) is 0. The number of piperidine rings is 1. The van der Waals surface area contributed by atoms with Crippen molar-refractivity contribution in [2.45, 2.75) is 45.0 Å². The first kappa shape index (κ1) is 17.7. The molecule has 4 rings (SSSR count). The molecule has 1 aromatic heterocycles.